The van der Waals surface area contributed by atoms with E-state index in [4.69, 9.17) is 9.47 Å². The maximum atomic E-state index is 13.6. The maximum Gasteiger partial charge on any atom is 0.337 e. The number of carbonyl (C=O) groups excluding carboxylic acids is 1. The van der Waals surface area contributed by atoms with Crippen LogP contribution in [0.1, 0.15) is 20.8 Å². The summed E-state index contributed by atoms with van der Waals surface area (Å²) in [5, 5.41) is 2.57. The molecule has 0 atom stereocenters. The van der Waals surface area contributed by atoms with Crippen molar-refractivity contribution >= 4 is 38.2 Å². The third-order valence-corrected chi connectivity index (χ3v) is 7.93. The molecule has 176 valence electrons. The monoisotopic (exact) mass is 498 g/mol. The van der Waals surface area contributed by atoms with Crippen LogP contribution in [0.5, 0.6) is 5.75 Å². The summed E-state index contributed by atoms with van der Waals surface area (Å²) in [7, 11) is -1.29. The van der Waals surface area contributed by atoms with E-state index >= 15 is 0 Å². The lowest BCUT2D eigenvalue weighted by atomic mass is 10.1. The Morgan fingerprint density at radius 2 is 1.85 bits per heavy atom. The van der Waals surface area contributed by atoms with E-state index in [0.29, 0.717) is 11.3 Å². The van der Waals surface area contributed by atoms with Crippen LogP contribution in [0, 0.1) is 0 Å². The van der Waals surface area contributed by atoms with Gasteiger partial charge in [-0.05, 0) is 53.9 Å². The Balaban J connectivity index is 1.77. The fourth-order valence-corrected chi connectivity index (χ4v) is 5.76. The average molecular weight is 499 g/mol. The van der Waals surface area contributed by atoms with Gasteiger partial charge in [0.15, 0.2) is 0 Å². The first-order valence-electron chi connectivity index (χ1n) is 10.2. The fourth-order valence-electron chi connectivity index (χ4n) is 3.52. The summed E-state index contributed by atoms with van der Waals surface area (Å²) in [4.78, 5) is 28.3. The van der Waals surface area contributed by atoms with Crippen molar-refractivity contribution in [2.75, 3.05) is 14.2 Å². The van der Waals surface area contributed by atoms with Gasteiger partial charge in [0, 0.05) is 34.4 Å². The Morgan fingerprint density at radius 1 is 1.03 bits per heavy atom. The zero-order valence-corrected chi connectivity index (χ0v) is 20.1. The predicted molar refractivity (Wildman–Crippen MR) is 130 cm³/mol. The van der Waals surface area contributed by atoms with E-state index in [-0.39, 0.29) is 34.7 Å². The van der Waals surface area contributed by atoms with Gasteiger partial charge in [0.05, 0.1) is 24.7 Å². The van der Waals surface area contributed by atoms with Crippen LogP contribution in [0.4, 0.5) is 0 Å². The average Bonchev–Trinajstić information content (AvgIpc) is 3.36. The van der Waals surface area contributed by atoms with Crippen LogP contribution in [0.15, 0.2) is 75.7 Å². The number of thiophene rings is 1. The molecule has 8 nitrogen and oxygen atoms in total. The van der Waals surface area contributed by atoms with Crippen molar-refractivity contribution in [2.24, 2.45) is 0 Å². The molecule has 0 fully saturated rings. The number of fused-ring (bicyclic) bond motifs is 1. The van der Waals surface area contributed by atoms with Crippen LogP contribution in [-0.4, -0.2) is 37.9 Å². The molecular weight excluding hydrogens is 476 g/mol. The molecule has 0 bridgehead atoms. The van der Waals surface area contributed by atoms with Crippen molar-refractivity contribution in [1.29, 1.82) is 0 Å². The first-order valence-corrected chi connectivity index (χ1v) is 12.5. The number of aromatic nitrogens is 1. The number of methoxy groups -OCH3 is 2. The lowest BCUT2D eigenvalue weighted by molar-refractivity contribution is 0.0600. The number of H-pyrrole nitrogens is 1. The largest absolute Gasteiger partial charge is 0.497 e. The van der Waals surface area contributed by atoms with Crippen LogP contribution < -0.4 is 10.3 Å². The molecule has 0 aliphatic carbocycles. The second-order valence-electron chi connectivity index (χ2n) is 7.45. The quantitative estimate of drug-likeness (QED) is 0.371. The summed E-state index contributed by atoms with van der Waals surface area (Å²) in [6, 6.07) is 16.2. The number of nitrogens with zero attached hydrogens (tertiary/aromatic N) is 1. The van der Waals surface area contributed by atoms with E-state index in [1.807, 2.05) is 17.5 Å². The van der Waals surface area contributed by atoms with Crippen LogP contribution in [0.2, 0.25) is 0 Å². The van der Waals surface area contributed by atoms with Crippen LogP contribution in [-0.2, 0) is 27.8 Å². The van der Waals surface area contributed by atoms with Crippen molar-refractivity contribution in [3.63, 3.8) is 0 Å². The van der Waals surface area contributed by atoms with E-state index in [1.165, 1.54) is 47.0 Å². The number of benzene rings is 2. The summed E-state index contributed by atoms with van der Waals surface area (Å²) >= 11 is 1.41. The van der Waals surface area contributed by atoms with E-state index in [2.05, 4.69) is 4.98 Å². The molecular formula is C24H22N2O6S2. The number of carbonyl (C=O) groups is 1. The molecule has 1 N–H and O–H groups in total. The Morgan fingerprint density at radius 3 is 2.56 bits per heavy atom. The highest BCUT2D eigenvalue weighted by Crippen LogP contribution is 2.25. The molecule has 0 unspecified atom stereocenters. The molecule has 10 heteroatoms. The molecule has 0 amide bonds. The number of esters is 1. The van der Waals surface area contributed by atoms with Crippen molar-refractivity contribution in [1.82, 2.24) is 9.29 Å². The fraction of sp³-hybridized carbons (Fsp3) is 0.167. The number of sulfonamides is 1. The van der Waals surface area contributed by atoms with E-state index < -0.39 is 16.0 Å². The maximum absolute atomic E-state index is 13.6. The number of nitrogens with one attached hydrogen (secondary N) is 1. The van der Waals surface area contributed by atoms with Gasteiger partial charge in [0.1, 0.15) is 5.75 Å². The number of rotatable bonds is 8. The molecule has 34 heavy (non-hydrogen) atoms. The van der Waals surface area contributed by atoms with Crippen LogP contribution in [0.3, 0.4) is 0 Å². The van der Waals surface area contributed by atoms with Crippen LogP contribution in [0.25, 0.3) is 10.9 Å². The molecule has 0 spiro atoms. The Labute approximate surface area is 200 Å². The Bertz CT molecular complexity index is 1490. The molecule has 2 heterocycles. The SMILES string of the molecule is COC(=O)c1cccc(S(=O)(=O)N(Cc2cccs2)Cc2cc3cc(OC)ccc3[nH]c2=O)c1. The van der Waals surface area contributed by atoms with Crippen LogP contribution >= 0.6 is 11.3 Å². The molecule has 0 radical (unpaired) electrons. The van der Waals surface area contributed by atoms with Gasteiger partial charge < -0.3 is 14.5 Å². The topological polar surface area (TPSA) is 106 Å². The third kappa shape index (κ3) is 4.89. The van der Waals surface area contributed by atoms with Gasteiger partial charge in [-0.2, -0.15) is 4.31 Å². The molecule has 2 aromatic heterocycles. The summed E-state index contributed by atoms with van der Waals surface area (Å²) in [6.45, 7) is -0.0940. The van der Waals surface area contributed by atoms with E-state index in [0.717, 1.165) is 10.3 Å². The standard InChI is InChI=1S/C24H22N2O6S2/c1-31-19-8-9-22-17(12-19)11-18(23(27)25-22)14-26(15-20-6-4-10-33-20)34(29,30)21-7-3-5-16(13-21)24(28)32-2/h3-13H,14-15H2,1-2H3,(H,25,27). The second-order valence-corrected chi connectivity index (χ2v) is 10.4. The lowest BCUT2D eigenvalue weighted by Crippen LogP contribution is -2.32. The lowest BCUT2D eigenvalue weighted by Gasteiger charge is -2.22. The molecule has 4 rings (SSSR count). The number of aromatic amines is 1. The van der Waals surface area contributed by atoms with E-state index in [9.17, 15) is 18.0 Å². The minimum atomic E-state index is -4.07. The zero-order valence-electron chi connectivity index (χ0n) is 18.5. The van der Waals surface area contributed by atoms with Crippen molar-refractivity contribution in [2.45, 2.75) is 18.0 Å². The summed E-state index contributed by atoms with van der Waals surface area (Å²) in [6.07, 6.45) is 0. The van der Waals surface area contributed by atoms with E-state index in [1.54, 1.807) is 31.4 Å². The van der Waals surface area contributed by atoms with Gasteiger partial charge in [0.2, 0.25) is 10.0 Å². The molecule has 0 saturated carbocycles. The predicted octanol–water partition coefficient (Wildman–Crippen LogP) is 3.78. The number of hydrogen-bond donors (Lipinski definition) is 1. The highest BCUT2D eigenvalue weighted by atomic mass is 32.2. The Hall–Kier alpha value is -3.47. The van der Waals surface area contributed by atoms with Gasteiger partial charge >= 0.3 is 5.97 Å². The number of ether oxygens (including phenoxy) is 2. The summed E-state index contributed by atoms with van der Waals surface area (Å²) in [5.74, 6) is -0.0186. The first-order chi connectivity index (χ1) is 16.3. The molecule has 0 aliphatic heterocycles. The van der Waals surface area contributed by atoms with Gasteiger partial charge in [0.25, 0.3) is 5.56 Å². The van der Waals surface area contributed by atoms with Gasteiger partial charge in [-0.15, -0.1) is 11.3 Å². The first kappa shape index (κ1) is 23.7. The van der Waals surface area contributed by atoms with Gasteiger partial charge in [-0.1, -0.05) is 12.1 Å². The van der Waals surface area contributed by atoms with Crippen molar-refractivity contribution in [3.05, 3.63) is 92.4 Å². The normalized spacial score (nSPS) is 11.6. The molecule has 2 aromatic carbocycles. The molecule has 4 aromatic rings. The Kier molecular flexibility index (Phi) is 6.82. The second kappa shape index (κ2) is 9.80. The van der Waals surface area contributed by atoms with Crippen molar-refractivity contribution in [3.8, 4) is 5.75 Å². The summed E-state index contributed by atoms with van der Waals surface area (Å²) in [5.41, 5.74) is 0.639. The smallest absolute Gasteiger partial charge is 0.337 e. The third-order valence-electron chi connectivity index (χ3n) is 5.28. The highest BCUT2D eigenvalue weighted by molar-refractivity contribution is 7.89. The summed E-state index contributed by atoms with van der Waals surface area (Å²) < 4.78 is 38.5. The minimum Gasteiger partial charge on any atom is -0.497 e. The number of hydrogen-bond acceptors (Lipinski definition) is 7. The number of pyridine rings is 1. The zero-order chi connectivity index (χ0) is 24.3. The minimum absolute atomic E-state index is 0.0640. The van der Waals surface area contributed by atoms with Gasteiger partial charge in [-0.25, -0.2) is 13.2 Å². The van der Waals surface area contributed by atoms with Gasteiger partial charge in [-0.3, -0.25) is 4.79 Å². The van der Waals surface area contributed by atoms with Crippen molar-refractivity contribution < 1.29 is 22.7 Å². The molecule has 0 saturated heterocycles. The highest BCUT2D eigenvalue weighted by Gasteiger charge is 2.27. The molecule has 0 aliphatic rings.